The highest BCUT2D eigenvalue weighted by Crippen LogP contribution is 2.39. The van der Waals surface area contributed by atoms with E-state index in [1.54, 1.807) is 0 Å². The molecule has 2 rings (SSSR count). The van der Waals surface area contributed by atoms with Gasteiger partial charge in [-0.25, -0.2) is 0 Å². The van der Waals surface area contributed by atoms with Crippen LogP contribution in [-0.2, 0) is 11.2 Å². The third-order valence-corrected chi connectivity index (χ3v) is 4.20. The van der Waals surface area contributed by atoms with Crippen LogP contribution in [0.25, 0.3) is 0 Å². The number of aliphatic hydroxyl groups is 1. The number of fused-ring (bicyclic) bond motifs is 1. The molecule has 2 unspecified atom stereocenters. The van der Waals surface area contributed by atoms with Crippen molar-refractivity contribution in [2.45, 2.75) is 65.0 Å². The Morgan fingerprint density at radius 2 is 2.18 bits per heavy atom. The summed E-state index contributed by atoms with van der Waals surface area (Å²) in [5.41, 5.74) is 3.03. The maximum absolute atomic E-state index is 11.9. The molecule has 4 nitrogen and oxygen atoms in total. The minimum absolute atomic E-state index is 0.0166. The van der Waals surface area contributed by atoms with Crippen molar-refractivity contribution in [2.24, 2.45) is 0 Å². The molecule has 0 saturated carbocycles. The van der Waals surface area contributed by atoms with Crippen molar-refractivity contribution in [3.8, 4) is 5.75 Å². The lowest BCUT2D eigenvalue weighted by atomic mass is 9.91. The van der Waals surface area contributed by atoms with Gasteiger partial charge in [-0.3, -0.25) is 4.79 Å². The first-order valence-corrected chi connectivity index (χ1v) is 8.37. The van der Waals surface area contributed by atoms with E-state index in [4.69, 9.17) is 4.74 Å². The standard InChI is InChI=1S/C18H27NO3/c1-4-7-17(21)19-15-8-9-22-18-13(15)10-12(5-2)11-14(18)16(20)6-3/h10-11,15-16,20H,4-9H2,1-3H3,(H,19,21). The molecule has 0 fully saturated rings. The molecule has 1 aliphatic rings. The second-order valence-electron chi connectivity index (χ2n) is 5.89. The van der Waals surface area contributed by atoms with Crippen LogP contribution in [0.1, 0.15) is 75.3 Å². The summed E-state index contributed by atoms with van der Waals surface area (Å²) in [7, 11) is 0. The summed E-state index contributed by atoms with van der Waals surface area (Å²) in [6.07, 6.45) is 3.19. The van der Waals surface area contributed by atoms with Crippen molar-refractivity contribution in [1.82, 2.24) is 5.32 Å². The van der Waals surface area contributed by atoms with E-state index in [2.05, 4.69) is 18.3 Å². The van der Waals surface area contributed by atoms with E-state index >= 15 is 0 Å². The molecule has 0 saturated heterocycles. The number of amides is 1. The molecule has 1 heterocycles. The van der Waals surface area contributed by atoms with Crippen molar-refractivity contribution in [3.05, 3.63) is 28.8 Å². The molecule has 1 aromatic rings. The van der Waals surface area contributed by atoms with Crippen LogP contribution in [0.5, 0.6) is 5.75 Å². The molecule has 1 amide bonds. The predicted molar refractivity (Wildman–Crippen MR) is 87.0 cm³/mol. The van der Waals surface area contributed by atoms with E-state index in [0.717, 1.165) is 36.1 Å². The van der Waals surface area contributed by atoms with Crippen LogP contribution < -0.4 is 10.1 Å². The van der Waals surface area contributed by atoms with Gasteiger partial charge in [-0.05, 0) is 30.9 Å². The summed E-state index contributed by atoms with van der Waals surface area (Å²) in [4.78, 5) is 11.9. The SMILES string of the molecule is CCCC(=O)NC1CCOc2c(C(O)CC)cc(CC)cc21. The first-order chi connectivity index (χ1) is 10.6. The number of hydrogen-bond acceptors (Lipinski definition) is 3. The van der Waals surface area contributed by atoms with Gasteiger partial charge in [0, 0.05) is 24.0 Å². The Labute approximate surface area is 132 Å². The Morgan fingerprint density at radius 1 is 1.41 bits per heavy atom. The van der Waals surface area contributed by atoms with Gasteiger partial charge in [0.05, 0.1) is 18.8 Å². The zero-order valence-corrected chi connectivity index (χ0v) is 13.8. The predicted octanol–water partition coefficient (Wildman–Crippen LogP) is 3.43. The van der Waals surface area contributed by atoms with Gasteiger partial charge in [-0.2, -0.15) is 0 Å². The quantitative estimate of drug-likeness (QED) is 0.846. The van der Waals surface area contributed by atoms with Crippen molar-refractivity contribution >= 4 is 5.91 Å². The fourth-order valence-corrected chi connectivity index (χ4v) is 2.91. The second-order valence-corrected chi connectivity index (χ2v) is 5.89. The van der Waals surface area contributed by atoms with E-state index in [1.807, 2.05) is 19.9 Å². The lowest BCUT2D eigenvalue weighted by molar-refractivity contribution is -0.122. The third-order valence-electron chi connectivity index (χ3n) is 4.20. The van der Waals surface area contributed by atoms with Gasteiger partial charge in [-0.1, -0.05) is 26.8 Å². The minimum Gasteiger partial charge on any atom is -0.493 e. The highest BCUT2D eigenvalue weighted by Gasteiger charge is 2.27. The molecular formula is C18H27NO3. The summed E-state index contributed by atoms with van der Waals surface area (Å²) >= 11 is 0. The van der Waals surface area contributed by atoms with Gasteiger partial charge < -0.3 is 15.2 Å². The van der Waals surface area contributed by atoms with E-state index in [1.165, 1.54) is 5.56 Å². The molecule has 1 aromatic carbocycles. The normalized spacial score (nSPS) is 18.3. The fourth-order valence-electron chi connectivity index (χ4n) is 2.91. The number of aryl methyl sites for hydroxylation is 1. The number of hydrogen-bond donors (Lipinski definition) is 2. The Kier molecular flexibility index (Phi) is 5.83. The lowest BCUT2D eigenvalue weighted by Gasteiger charge is -2.30. The molecule has 2 N–H and O–H groups in total. The Bertz CT molecular complexity index is 527. The van der Waals surface area contributed by atoms with Gasteiger partial charge in [0.25, 0.3) is 0 Å². The highest BCUT2D eigenvalue weighted by molar-refractivity contribution is 5.76. The van der Waals surface area contributed by atoms with Gasteiger partial charge in [0.1, 0.15) is 5.75 Å². The molecule has 0 radical (unpaired) electrons. The zero-order valence-electron chi connectivity index (χ0n) is 13.8. The average molecular weight is 305 g/mol. The molecule has 0 spiro atoms. The second kappa shape index (κ2) is 7.63. The number of carbonyl (C=O) groups is 1. The molecule has 0 aliphatic carbocycles. The molecule has 1 aliphatic heterocycles. The van der Waals surface area contributed by atoms with Crippen LogP contribution in [0.15, 0.2) is 12.1 Å². The molecular weight excluding hydrogens is 278 g/mol. The molecule has 4 heteroatoms. The number of carbonyl (C=O) groups excluding carboxylic acids is 1. The lowest BCUT2D eigenvalue weighted by Crippen LogP contribution is -2.32. The van der Waals surface area contributed by atoms with E-state index in [-0.39, 0.29) is 11.9 Å². The zero-order chi connectivity index (χ0) is 16.1. The summed E-state index contributed by atoms with van der Waals surface area (Å²) in [5, 5.41) is 13.4. The van der Waals surface area contributed by atoms with Crippen LogP contribution in [0.3, 0.4) is 0 Å². The first kappa shape index (κ1) is 16.8. The van der Waals surface area contributed by atoms with Crippen molar-refractivity contribution in [3.63, 3.8) is 0 Å². The number of rotatable bonds is 6. The van der Waals surface area contributed by atoms with E-state index in [0.29, 0.717) is 19.4 Å². The topological polar surface area (TPSA) is 58.6 Å². The van der Waals surface area contributed by atoms with Crippen LogP contribution in [-0.4, -0.2) is 17.6 Å². The van der Waals surface area contributed by atoms with Crippen LogP contribution in [0, 0.1) is 0 Å². The summed E-state index contributed by atoms with van der Waals surface area (Å²) in [6, 6.07) is 4.12. The fraction of sp³-hybridized carbons (Fsp3) is 0.611. The number of ether oxygens (including phenoxy) is 1. The molecule has 0 bridgehead atoms. The number of aliphatic hydroxyl groups excluding tert-OH is 1. The third kappa shape index (κ3) is 3.61. The molecule has 22 heavy (non-hydrogen) atoms. The number of nitrogens with one attached hydrogen (secondary N) is 1. The Balaban J connectivity index is 2.38. The smallest absolute Gasteiger partial charge is 0.220 e. The summed E-state index contributed by atoms with van der Waals surface area (Å²) < 4.78 is 5.84. The maximum Gasteiger partial charge on any atom is 0.220 e. The average Bonchev–Trinajstić information content (AvgIpc) is 2.53. The first-order valence-electron chi connectivity index (χ1n) is 8.37. The Morgan fingerprint density at radius 3 is 2.82 bits per heavy atom. The maximum atomic E-state index is 11.9. The van der Waals surface area contributed by atoms with E-state index < -0.39 is 6.10 Å². The molecule has 0 aromatic heterocycles. The van der Waals surface area contributed by atoms with Crippen molar-refractivity contribution in [1.29, 1.82) is 0 Å². The number of benzene rings is 1. The van der Waals surface area contributed by atoms with Gasteiger partial charge >= 0.3 is 0 Å². The summed E-state index contributed by atoms with van der Waals surface area (Å²) in [5.74, 6) is 0.847. The van der Waals surface area contributed by atoms with Crippen LogP contribution >= 0.6 is 0 Å². The van der Waals surface area contributed by atoms with Gasteiger partial charge in [-0.15, -0.1) is 0 Å². The van der Waals surface area contributed by atoms with Gasteiger partial charge in [0.15, 0.2) is 0 Å². The van der Waals surface area contributed by atoms with Crippen molar-refractivity contribution < 1.29 is 14.6 Å². The minimum atomic E-state index is -0.523. The monoisotopic (exact) mass is 305 g/mol. The van der Waals surface area contributed by atoms with E-state index in [9.17, 15) is 9.90 Å². The Hall–Kier alpha value is -1.55. The van der Waals surface area contributed by atoms with Crippen LogP contribution in [0.4, 0.5) is 0 Å². The highest BCUT2D eigenvalue weighted by atomic mass is 16.5. The summed E-state index contributed by atoms with van der Waals surface area (Å²) in [6.45, 7) is 6.62. The molecule has 122 valence electrons. The van der Waals surface area contributed by atoms with Crippen molar-refractivity contribution in [2.75, 3.05) is 6.61 Å². The molecule has 2 atom stereocenters. The largest absolute Gasteiger partial charge is 0.493 e. The van der Waals surface area contributed by atoms with Gasteiger partial charge in [0.2, 0.25) is 5.91 Å². The van der Waals surface area contributed by atoms with Crippen LogP contribution in [0.2, 0.25) is 0 Å².